The Morgan fingerprint density at radius 2 is 1.50 bits per heavy atom. The third kappa shape index (κ3) is 4.60. The van der Waals surface area contributed by atoms with Crippen molar-refractivity contribution in [3.8, 4) is 0 Å². The molecule has 0 amide bonds. The monoisotopic (exact) mass is 395 g/mol. The molecule has 2 aromatic rings. The van der Waals surface area contributed by atoms with Crippen LogP contribution in [0.5, 0.6) is 0 Å². The molecule has 0 atom stereocenters. The number of rotatable bonds is 4. The van der Waals surface area contributed by atoms with Crippen LogP contribution in [0.4, 0.5) is 37.8 Å². The molecule has 0 radical (unpaired) electrons. The van der Waals surface area contributed by atoms with Crippen molar-refractivity contribution < 1.29 is 26.3 Å². The first-order valence-electron chi connectivity index (χ1n) is 7.43. The van der Waals surface area contributed by atoms with Crippen molar-refractivity contribution in [2.24, 2.45) is 0 Å². The zero-order chi connectivity index (χ0) is 19.7. The van der Waals surface area contributed by atoms with Crippen LogP contribution in [0.15, 0.2) is 23.4 Å². The number of halogens is 6. The molecule has 2 rings (SSSR count). The van der Waals surface area contributed by atoms with Crippen molar-refractivity contribution in [1.29, 1.82) is 0 Å². The standard InChI is InChI=1S/C16H15F6N3S/c1-4-12-8(2)23-14(26-3)25-13(12)24-11-6-9(15(17,18)19)5-10(7-11)16(20,21)22/h5-7H,4H2,1-3H3,(H,23,24,25). The smallest absolute Gasteiger partial charge is 0.340 e. The third-order valence-electron chi connectivity index (χ3n) is 3.58. The van der Waals surface area contributed by atoms with Gasteiger partial charge in [0.2, 0.25) is 0 Å². The van der Waals surface area contributed by atoms with E-state index in [2.05, 4.69) is 15.3 Å². The molecule has 0 spiro atoms. The van der Waals surface area contributed by atoms with E-state index in [1.54, 1.807) is 20.1 Å². The van der Waals surface area contributed by atoms with Gasteiger partial charge < -0.3 is 5.32 Å². The molecule has 1 aromatic heterocycles. The van der Waals surface area contributed by atoms with Crippen LogP contribution in [-0.2, 0) is 18.8 Å². The molecule has 0 unspecified atom stereocenters. The first-order valence-corrected chi connectivity index (χ1v) is 8.66. The summed E-state index contributed by atoms with van der Waals surface area (Å²) in [4.78, 5) is 8.41. The molecule has 0 saturated heterocycles. The minimum absolute atomic E-state index is 0.0878. The van der Waals surface area contributed by atoms with E-state index < -0.39 is 23.5 Å². The predicted octanol–water partition coefficient (Wildman–Crippen LogP) is 5.85. The Morgan fingerprint density at radius 1 is 0.962 bits per heavy atom. The van der Waals surface area contributed by atoms with E-state index in [1.165, 1.54) is 11.8 Å². The fraction of sp³-hybridized carbons (Fsp3) is 0.375. The summed E-state index contributed by atoms with van der Waals surface area (Å²) in [6, 6.07) is 1.35. The van der Waals surface area contributed by atoms with Gasteiger partial charge in [-0.3, -0.25) is 0 Å². The molecular weight excluding hydrogens is 380 g/mol. The summed E-state index contributed by atoms with van der Waals surface area (Å²) in [6.07, 6.45) is -7.63. The van der Waals surface area contributed by atoms with Crippen LogP contribution in [0.2, 0.25) is 0 Å². The number of thioether (sulfide) groups is 1. The fourth-order valence-electron chi connectivity index (χ4n) is 2.35. The van der Waals surface area contributed by atoms with Gasteiger partial charge in [0.15, 0.2) is 5.16 Å². The fourth-order valence-corrected chi connectivity index (χ4v) is 2.76. The lowest BCUT2D eigenvalue weighted by Gasteiger charge is -2.17. The highest BCUT2D eigenvalue weighted by Gasteiger charge is 2.37. The maximum absolute atomic E-state index is 13.0. The van der Waals surface area contributed by atoms with Gasteiger partial charge in [-0.05, 0) is 37.8 Å². The van der Waals surface area contributed by atoms with Crippen molar-refractivity contribution in [3.63, 3.8) is 0 Å². The number of nitrogens with zero attached hydrogens (tertiary/aromatic N) is 2. The maximum Gasteiger partial charge on any atom is 0.416 e. The second-order valence-electron chi connectivity index (χ2n) is 5.40. The molecule has 0 aliphatic heterocycles. The first-order chi connectivity index (χ1) is 12.0. The van der Waals surface area contributed by atoms with Gasteiger partial charge in [0, 0.05) is 16.9 Å². The molecule has 0 aliphatic carbocycles. The molecule has 0 saturated carbocycles. The number of alkyl halides is 6. The Morgan fingerprint density at radius 3 is 1.92 bits per heavy atom. The molecule has 1 N–H and O–H groups in total. The number of hydrogen-bond acceptors (Lipinski definition) is 4. The van der Waals surface area contributed by atoms with E-state index in [4.69, 9.17) is 0 Å². The summed E-state index contributed by atoms with van der Waals surface area (Å²) >= 11 is 1.22. The maximum atomic E-state index is 13.0. The summed E-state index contributed by atoms with van der Waals surface area (Å²) < 4.78 is 77.9. The highest BCUT2D eigenvalue weighted by atomic mass is 32.2. The van der Waals surface area contributed by atoms with Gasteiger partial charge in [0.25, 0.3) is 0 Å². The van der Waals surface area contributed by atoms with Crippen molar-refractivity contribution in [2.75, 3.05) is 11.6 Å². The lowest BCUT2D eigenvalue weighted by molar-refractivity contribution is -0.143. The molecule has 26 heavy (non-hydrogen) atoms. The molecular formula is C16H15F6N3S. The van der Waals surface area contributed by atoms with Crippen LogP contribution in [0.1, 0.15) is 29.3 Å². The molecule has 0 aliphatic rings. The quantitative estimate of drug-likeness (QED) is 0.400. The molecule has 1 heterocycles. The Hall–Kier alpha value is -1.97. The van der Waals surface area contributed by atoms with Crippen LogP contribution < -0.4 is 5.32 Å². The van der Waals surface area contributed by atoms with Gasteiger partial charge in [-0.2, -0.15) is 26.3 Å². The summed E-state index contributed by atoms with van der Waals surface area (Å²) in [5.41, 5.74) is -1.88. The summed E-state index contributed by atoms with van der Waals surface area (Å²) in [7, 11) is 0. The third-order valence-corrected chi connectivity index (χ3v) is 4.13. The van der Waals surface area contributed by atoms with Gasteiger partial charge in [0.05, 0.1) is 11.1 Å². The van der Waals surface area contributed by atoms with Crippen molar-refractivity contribution >= 4 is 23.3 Å². The van der Waals surface area contributed by atoms with Crippen LogP contribution in [0, 0.1) is 6.92 Å². The van der Waals surface area contributed by atoms with E-state index in [-0.39, 0.29) is 17.6 Å². The van der Waals surface area contributed by atoms with Crippen LogP contribution in [-0.4, -0.2) is 16.2 Å². The minimum atomic E-state index is -4.91. The zero-order valence-corrected chi connectivity index (χ0v) is 14.8. The molecule has 10 heteroatoms. The van der Waals surface area contributed by atoms with Crippen LogP contribution >= 0.6 is 11.8 Å². The Balaban J connectivity index is 2.58. The summed E-state index contributed by atoms with van der Waals surface area (Å²) in [5, 5.41) is 2.97. The molecule has 1 aromatic carbocycles. The van der Waals surface area contributed by atoms with Crippen molar-refractivity contribution in [3.05, 3.63) is 40.6 Å². The Kier molecular flexibility index (Phi) is 5.74. The lowest BCUT2D eigenvalue weighted by atomic mass is 10.1. The molecule has 3 nitrogen and oxygen atoms in total. The lowest BCUT2D eigenvalue weighted by Crippen LogP contribution is -2.12. The van der Waals surface area contributed by atoms with Gasteiger partial charge >= 0.3 is 12.4 Å². The van der Waals surface area contributed by atoms with Crippen LogP contribution in [0.3, 0.4) is 0 Å². The number of aryl methyl sites for hydroxylation is 1. The topological polar surface area (TPSA) is 37.8 Å². The normalized spacial score (nSPS) is 12.3. The molecule has 0 fully saturated rings. The highest BCUT2D eigenvalue weighted by molar-refractivity contribution is 7.98. The number of aromatic nitrogens is 2. The zero-order valence-electron chi connectivity index (χ0n) is 14.0. The second kappa shape index (κ2) is 7.34. The second-order valence-corrected chi connectivity index (χ2v) is 6.17. The van der Waals surface area contributed by atoms with E-state index in [9.17, 15) is 26.3 Å². The first kappa shape index (κ1) is 20.3. The number of benzene rings is 1. The van der Waals surface area contributed by atoms with E-state index in [0.717, 1.165) is 0 Å². The largest absolute Gasteiger partial charge is 0.416 e. The minimum Gasteiger partial charge on any atom is -0.340 e. The highest BCUT2D eigenvalue weighted by Crippen LogP contribution is 2.38. The van der Waals surface area contributed by atoms with Crippen LogP contribution in [0.25, 0.3) is 0 Å². The van der Waals surface area contributed by atoms with E-state index in [0.29, 0.717) is 35.0 Å². The van der Waals surface area contributed by atoms with Crippen molar-refractivity contribution in [1.82, 2.24) is 9.97 Å². The summed E-state index contributed by atoms with van der Waals surface area (Å²) in [5.74, 6) is 0.191. The molecule has 0 bridgehead atoms. The van der Waals surface area contributed by atoms with Gasteiger partial charge in [0.1, 0.15) is 5.82 Å². The van der Waals surface area contributed by atoms with Gasteiger partial charge in [-0.15, -0.1) is 0 Å². The Bertz CT molecular complexity index is 770. The summed E-state index contributed by atoms with van der Waals surface area (Å²) in [6.45, 7) is 3.50. The predicted molar refractivity (Wildman–Crippen MR) is 87.7 cm³/mol. The number of anilines is 2. The average molecular weight is 395 g/mol. The Labute approximate surface area is 150 Å². The molecule has 142 valence electrons. The SMILES string of the molecule is CCc1c(C)nc(SC)nc1Nc1cc(C(F)(F)F)cc(C(F)(F)F)c1. The number of hydrogen-bond donors (Lipinski definition) is 1. The van der Waals surface area contributed by atoms with E-state index in [1.807, 2.05) is 0 Å². The van der Waals surface area contributed by atoms with Gasteiger partial charge in [-0.1, -0.05) is 18.7 Å². The van der Waals surface area contributed by atoms with Crippen molar-refractivity contribution in [2.45, 2.75) is 37.8 Å². The van der Waals surface area contributed by atoms with E-state index >= 15 is 0 Å². The average Bonchev–Trinajstić information content (AvgIpc) is 2.52. The van der Waals surface area contributed by atoms with Gasteiger partial charge in [-0.25, -0.2) is 9.97 Å². The number of nitrogens with one attached hydrogen (secondary N) is 1.